The lowest BCUT2D eigenvalue weighted by atomic mass is 10.0. The van der Waals surface area contributed by atoms with Gasteiger partial charge in [-0.05, 0) is 12.8 Å². The van der Waals surface area contributed by atoms with Crippen LogP contribution in [0.15, 0.2) is 0 Å². The minimum Gasteiger partial charge on any atom is -0.462 e. The zero-order valence-electron chi connectivity index (χ0n) is 39.6. The molecular formula is C53H104O5. The molecule has 5 heteroatoms. The van der Waals surface area contributed by atoms with E-state index in [1.165, 1.54) is 250 Å². The van der Waals surface area contributed by atoms with E-state index < -0.39 is 6.10 Å². The van der Waals surface area contributed by atoms with E-state index in [1.54, 1.807) is 0 Å². The molecule has 0 saturated carbocycles. The molecule has 0 aliphatic carbocycles. The predicted octanol–water partition coefficient (Wildman–Crippen LogP) is 17.4. The van der Waals surface area contributed by atoms with E-state index in [0.717, 1.165) is 32.1 Å². The van der Waals surface area contributed by atoms with Crippen molar-refractivity contribution in [2.24, 2.45) is 0 Å². The van der Waals surface area contributed by atoms with Crippen LogP contribution in [-0.2, 0) is 19.1 Å². The van der Waals surface area contributed by atoms with Crippen LogP contribution in [0.4, 0.5) is 0 Å². The lowest BCUT2D eigenvalue weighted by Gasteiger charge is -2.15. The summed E-state index contributed by atoms with van der Waals surface area (Å²) in [6, 6.07) is 0. The van der Waals surface area contributed by atoms with Gasteiger partial charge in [-0.2, -0.15) is 0 Å². The molecule has 5 nitrogen and oxygen atoms in total. The Kier molecular flexibility index (Phi) is 49.3. The van der Waals surface area contributed by atoms with E-state index in [9.17, 15) is 14.7 Å². The first kappa shape index (κ1) is 56.9. The van der Waals surface area contributed by atoms with Crippen LogP contribution in [0.5, 0.6) is 0 Å². The molecule has 0 aromatic rings. The Labute approximate surface area is 363 Å². The largest absolute Gasteiger partial charge is 0.462 e. The molecule has 0 rings (SSSR count). The normalized spacial score (nSPS) is 12.0. The van der Waals surface area contributed by atoms with Gasteiger partial charge in [-0.25, -0.2) is 0 Å². The SMILES string of the molecule is CCCCCCCCCCCCCCCCCCCCCCCCCCCCCCC(=O)OC(CO)COC(=O)CCCCCCCCCCCCCCCCCC. The van der Waals surface area contributed by atoms with Gasteiger partial charge in [-0.3, -0.25) is 9.59 Å². The predicted molar refractivity (Wildman–Crippen MR) is 252 cm³/mol. The topological polar surface area (TPSA) is 72.8 Å². The number of carbonyl (C=O) groups excluding carboxylic acids is 2. The number of hydrogen-bond donors (Lipinski definition) is 1. The number of hydrogen-bond acceptors (Lipinski definition) is 5. The van der Waals surface area contributed by atoms with Gasteiger partial charge >= 0.3 is 11.9 Å². The van der Waals surface area contributed by atoms with Gasteiger partial charge in [0.25, 0.3) is 0 Å². The van der Waals surface area contributed by atoms with Crippen molar-refractivity contribution in [1.29, 1.82) is 0 Å². The van der Waals surface area contributed by atoms with Crippen LogP contribution >= 0.6 is 0 Å². The lowest BCUT2D eigenvalue weighted by Crippen LogP contribution is -2.28. The monoisotopic (exact) mass is 821 g/mol. The first-order valence-electron chi connectivity index (χ1n) is 26.6. The molecule has 0 aliphatic rings. The van der Waals surface area contributed by atoms with Crippen LogP contribution in [0.3, 0.4) is 0 Å². The molecule has 0 radical (unpaired) electrons. The lowest BCUT2D eigenvalue weighted by molar-refractivity contribution is -0.161. The van der Waals surface area contributed by atoms with E-state index in [4.69, 9.17) is 9.47 Å². The fourth-order valence-electron chi connectivity index (χ4n) is 8.38. The molecule has 0 amide bonds. The molecule has 0 heterocycles. The van der Waals surface area contributed by atoms with Crippen LogP contribution in [0.2, 0.25) is 0 Å². The Balaban J connectivity index is 3.39. The Morgan fingerprint density at radius 3 is 0.759 bits per heavy atom. The molecule has 0 saturated heterocycles. The van der Waals surface area contributed by atoms with Gasteiger partial charge in [0.05, 0.1) is 6.61 Å². The maximum Gasteiger partial charge on any atom is 0.306 e. The molecule has 1 atom stereocenters. The maximum absolute atomic E-state index is 12.3. The number of aliphatic hydroxyl groups is 1. The van der Waals surface area contributed by atoms with E-state index in [1.807, 2.05) is 0 Å². The third-order valence-corrected chi connectivity index (χ3v) is 12.4. The molecule has 1 N–H and O–H groups in total. The van der Waals surface area contributed by atoms with Crippen LogP contribution in [0, 0.1) is 0 Å². The second-order valence-corrected chi connectivity index (χ2v) is 18.3. The number of carbonyl (C=O) groups is 2. The third kappa shape index (κ3) is 47.6. The molecule has 58 heavy (non-hydrogen) atoms. The Bertz CT molecular complexity index is 799. The van der Waals surface area contributed by atoms with E-state index in [0.29, 0.717) is 12.8 Å². The highest BCUT2D eigenvalue weighted by Crippen LogP contribution is 2.18. The van der Waals surface area contributed by atoms with Gasteiger partial charge in [0.15, 0.2) is 6.10 Å². The molecule has 0 bridgehead atoms. The van der Waals surface area contributed by atoms with Crippen molar-refractivity contribution in [3.8, 4) is 0 Å². The number of aliphatic hydroxyl groups excluding tert-OH is 1. The molecule has 0 aromatic carbocycles. The maximum atomic E-state index is 12.3. The molecule has 0 aliphatic heterocycles. The molecule has 1 unspecified atom stereocenters. The van der Waals surface area contributed by atoms with Crippen molar-refractivity contribution in [3.63, 3.8) is 0 Å². The minimum absolute atomic E-state index is 0.0561. The van der Waals surface area contributed by atoms with Crippen LogP contribution < -0.4 is 0 Å². The van der Waals surface area contributed by atoms with Crippen molar-refractivity contribution in [1.82, 2.24) is 0 Å². The summed E-state index contributed by atoms with van der Waals surface area (Å²) in [7, 11) is 0. The quantitative estimate of drug-likeness (QED) is 0.0489. The highest BCUT2D eigenvalue weighted by atomic mass is 16.6. The second-order valence-electron chi connectivity index (χ2n) is 18.3. The van der Waals surface area contributed by atoms with Crippen LogP contribution in [0.25, 0.3) is 0 Å². The van der Waals surface area contributed by atoms with Crippen molar-refractivity contribution >= 4 is 11.9 Å². The number of ether oxygens (including phenoxy) is 2. The van der Waals surface area contributed by atoms with Crippen molar-refractivity contribution in [2.75, 3.05) is 13.2 Å². The summed E-state index contributed by atoms with van der Waals surface area (Å²) in [5, 5.41) is 9.62. The molecule has 0 spiro atoms. The summed E-state index contributed by atoms with van der Waals surface area (Å²) in [6.45, 7) is 4.20. The second kappa shape index (κ2) is 50.3. The summed E-state index contributed by atoms with van der Waals surface area (Å²) in [5.74, 6) is -0.566. The Hall–Kier alpha value is -1.10. The minimum atomic E-state index is -0.763. The third-order valence-electron chi connectivity index (χ3n) is 12.4. The van der Waals surface area contributed by atoms with Gasteiger partial charge in [0, 0.05) is 12.8 Å². The first-order valence-corrected chi connectivity index (χ1v) is 26.6. The summed E-state index contributed by atoms with van der Waals surface area (Å²) in [5.41, 5.74) is 0. The number of unbranched alkanes of at least 4 members (excludes halogenated alkanes) is 42. The van der Waals surface area contributed by atoms with Crippen molar-refractivity contribution in [3.05, 3.63) is 0 Å². The number of rotatable bonds is 50. The van der Waals surface area contributed by atoms with Crippen molar-refractivity contribution in [2.45, 2.75) is 315 Å². The van der Waals surface area contributed by atoms with Crippen LogP contribution in [-0.4, -0.2) is 36.4 Å². The average Bonchev–Trinajstić information content (AvgIpc) is 3.23. The van der Waals surface area contributed by atoms with Gasteiger partial charge < -0.3 is 14.6 Å². The standard InChI is InChI=1S/C53H104O5/c1-3-5-7-9-11-13-15-17-19-21-22-23-24-25-26-27-28-29-30-31-32-34-36-38-40-42-44-46-48-53(56)58-51(49-54)50-57-52(55)47-45-43-41-39-37-35-33-20-18-16-14-12-10-8-6-4-2/h51,54H,3-50H2,1-2H3. The molecule has 0 aromatic heterocycles. The average molecular weight is 821 g/mol. The summed E-state index contributed by atoms with van der Waals surface area (Å²) >= 11 is 0. The van der Waals surface area contributed by atoms with E-state index >= 15 is 0 Å². The van der Waals surface area contributed by atoms with Gasteiger partial charge in [0.2, 0.25) is 0 Å². The van der Waals surface area contributed by atoms with Gasteiger partial charge in [0.1, 0.15) is 6.61 Å². The van der Waals surface area contributed by atoms with E-state index in [-0.39, 0.29) is 25.2 Å². The highest BCUT2D eigenvalue weighted by Gasteiger charge is 2.16. The summed E-state index contributed by atoms with van der Waals surface area (Å²) in [6.07, 6.45) is 59.3. The molecule has 0 fully saturated rings. The zero-order valence-corrected chi connectivity index (χ0v) is 39.6. The first-order chi connectivity index (χ1) is 28.6. The van der Waals surface area contributed by atoms with Gasteiger partial charge in [-0.15, -0.1) is 0 Å². The fraction of sp³-hybridized carbons (Fsp3) is 0.962. The summed E-state index contributed by atoms with van der Waals surface area (Å²) < 4.78 is 10.7. The molecule has 346 valence electrons. The fourth-order valence-corrected chi connectivity index (χ4v) is 8.38. The Morgan fingerprint density at radius 1 is 0.328 bits per heavy atom. The zero-order chi connectivity index (χ0) is 42.1. The van der Waals surface area contributed by atoms with Crippen LogP contribution in [0.1, 0.15) is 309 Å². The van der Waals surface area contributed by atoms with Crippen molar-refractivity contribution < 1.29 is 24.2 Å². The molecular weight excluding hydrogens is 717 g/mol. The number of esters is 2. The van der Waals surface area contributed by atoms with E-state index in [2.05, 4.69) is 13.8 Å². The summed E-state index contributed by atoms with van der Waals surface area (Å²) in [4.78, 5) is 24.4. The highest BCUT2D eigenvalue weighted by molar-refractivity contribution is 5.70. The van der Waals surface area contributed by atoms with Gasteiger partial charge in [-0.1, -0.05) is 284 Å². The smallest absolute Gasteiger partial charge is 0.306 e. The Morgan fingerprint density at radius 2 is 0.534 bits per heavy atom.